The maximum atomic E-state index is 9.09. The maximum absolute atomic E-state index is 9.09. The molecule has 1 heterocycles. The average molecular weight is 510 g/mol. The van der Waals surface area contributed by atoms with E-state index in [0.717, 1.165) is 31.0 Å². The van der Waals surface area contributed by atoms with Crippen LogP contribution in [-0.2, 0) is 19.4 Å². The standard InChI is InChI=1S/C31H35N5O2/c1-19-13-25(38-12-11-37)14-20(2)30(19)26-6-4-5-22(21(26)3)18-32-24-7-8-27-23(15-24)17-31(9-10-31)28(27)16-29-33-35-36-34-29/h4-8,13-15,28,32,37H,9-12,16-18H2,1-3H3,(H,33,34,35,36). The number of nitrogens with one attached hydrogen (secondary N) is 2. The molecule has 6 rings (SSSR count). The predicted molar refractivity (Wildman–Crippen MR) is 148 cm³/mol. The van der Waals surface area contributed by atoms with Gasteiger partial charge in [0.15, 0.2) is 5.82 Å². The first-order valence-corrected chi connectivity index (χ1v) is 13.5. The Morgan fingerprint density at radius 3 is 2.61 bits per heavy atom. The quantitative estimate of drug-likeness (QED) is 0.278. The van der Waals surface area contributed by atoms with Crippen LogP contribution in [0, 0.1) is 26.2 Å². The molecule has 2 aliphatic rings. The van der Waals surface area contributed by atoms with Crippen LogP contribution >= 0.6 is 0 Å². The van der Waals surface area contributed by atoms with Gasteiger partial charge in [-0.1, -0.05) is 29.5 Å². The lowest BCUT2D eigenvalue weighted by Gasteiger charge is -2.18. The third-order valence-corrected chi connectivity index (χ3v) is 8.53. The molecule has 0 bridgehead atoms. The first kappa shape index (κ1) is 24.6. The Morgan fingerprint density at radius 2 is 1.89 bits per heavy atom. The molecular weight excluding hydrogens is 474 g/mol. The molecule has 0 saturated heterocycles. The van der Waals surface area contributed by atoms with Crippen molar-refractivity contribution < 1.29 is 9.84 Å². The van der Waals surface area contributed by atoms with E-state index < -0.39 is 0 Å². The molecule has 0 amide bonds. The predicted octanol–water partition coefficient (Wildman–Crippen LogP) is 5.44. The van der Waals surface area contributed by atoms with Gasteiger partial charge in [0.25, 0.3) is 0 Å². The average Bonchev–Trinajstić information content (AvgIpc) is 3.36. The van der Waals surface area contributed by atoms with Gasteiger partial charge in [0.1, 0.15) is 12.4 Å². The van der Waals surface area contributed by atoms with E-state index in [4.69, 9.17) is 9.84 Å². The lowest BCUT2D eigenvalue weighted by molar-refractivity contribution is 0.201. The van der Waals surface area contributed by atoms with Crippen molar-refractivity contribution in [3.8, 4) is 16.9 Å². The summed E-state index contributed by atoms with van der Waals surface area (Å²) in [5, 5.41) is 27.6. The summed E-state index contributed by atoms with van der Waals surface area (Å²) in [4.78, 5) is 0. The lowest BCUT2D eigenvalue weighted by atomic mass is 9.86. The van der Waals surface area contributed by atoms with E-state index in [1.807, 2.05) is 0 Å². The van der Waals surface area contributed by atoms with Gasteiger partial charge < -0.3 is 15.2 Å². The van der Waals surface area contributed by atoms with E-state index >= 15 is 0 Å². The molecular formula is C31H35N5O2. The lowest BCUT2D eigenvalue weighted by Crippen LogP contribution is -2.12. The van der Waals surface area contributed by atoms with Gasteiger partial charge >= 0.3 is 0 Å². The van der Waals surface area contributed by atoms with E-state index in [-0.39, 0.29) is 6.61 Å². The van der Waals surface area contributed by atoms with E-state index in [1.165, 1.54) is 63.0 Å². The van der Waals surface area contributed by atoms with Crippen molar-refractivity contribution in [2.75, 3.05) is 18.5 Å². The second-order valence-electron chi connectivity index (χ2n) is 11.0. The first-order chi connectivity index (χ1) is 18.5. The number of aromatic amines is 1. The van der Waals surface area contributed by atoms with Crippen molar-refractivity contribution in [1.29, 1.82) is 0 Å². The molecule has 1 aromatic heterocycles. The van der Waals surface area contributed by atoms with Crippen LogP contribution in [0.15, 0.2) is 48.5 Å². The fourth-order valence-electron chi connectivity index (χ4n) is 6.44. The number of aliphatic hydroxyl groups excluding tert-OH is 1. The molecule has 196 valence electrons. The van der Waals surface area contributed by atoms with E-state index in [1.54, 1.807) is 0 Å². The highest BCUT2D eigenvalue weighted by Gasteiger charge is 2.54. The third-order valence-electron chi connectivity index (χ3n) is 8.53. The number of aryl methyl sites for hydroxylation is 2. The van der Waals surface area contributed by atoms with Crippen LogP contribution in [0.3, 0.4) is 0 Å². The Kier molecular flexibility index (Phi) is 6.40. The molecule has 7 heteroatoms. The Hall–Kier alpha value is -3.71. The number of hydrogen-bond donors (Lipinski definition) is 3. The van der Waals surface area contributed by atoms with Gasteiger partial charge in [0.05, 0.1) is 6.61 Å². The fraction of sp³-hybridized carbons (Fsp3) is 0.387. The maximum Gasteiger partial charge on any atom is 0.175 e. The van der Waals surface area contributed by atoms with Gasteiger partial charge in [-0.15, -0.1) is 10.2 Å². The first-order valence-electron chi connectivity index (χ1n) is 13.5. The molecule has 1 unspecified atom stereocenters. The van der Waals surface area contributed by atoms with Crippen molar-refractivity contribution in [3.63, 3.8) is 0 Å². The number of aromatic nitrogens is 4. The number of fused-ring (bicyclic) bond motifs is 1. The van der Waals surface area contributed by atoms with Crippen molar-refractivity contribution in [2.45, 2.75) is 58.9 Å². The molecule has 3 N–H and O–H groups in total. The minimum Gasteiger partial charge on any atom is -0.491 e. The molecule has 4 aromatic rings. The summed E-state index contributed by atoms with van der Waals surface area (Å²) in [6, 6.07) is 17.6. The van der Waals surface area contributed by atoms with E-state index in [0.29, 0.717) is 17.9 Å². The van der Waals surface area contributed by atoms with Crippen LogP contribution in [0.2, 0.25) is 0 Å². The van der Waals surface area contributed by atoms with Crippen molar-refractivity contribution in [3.05, 3.63) is 87.7 Å². The molecule has 2 aliphatic carbocycles. The molecule has 3 aromatic carbocycles. The topological polar surface area (TPSA) is 96.0 Å². The molecule has 1 spiro atoms. The Bertz CT molecular complexity index is 1440. The number of H-pyrrole nitrogens is 1. The van der Waals surface area contributed by atoms with E-state index in [9.17, 15) is 0 Å². The summed E-state index contributed by atoms with van der Waals surface area (Å²) in [6.45, 7) is 7.56. The highest BCUT2D eigenvalue weighted by Crippen LogP contribution is 2.63. The zero-order chi connectivity index (χ0) is 26.3. The van der Waals surface area contributed by atoms with Crippen LogP contribution in [0.25, 0.3) is 11.1 Å². The Labute approximate surface area is 223 Å². The van der Waals surface area contributed by atoms with E-state index in [2.05, 4.69) is 95.2 Å². The van der Waals surface area contributed by atoms with Gasteiger partial charge in [0, 0.05) is 18.7 Å². The Morgan fingerprint density at radius 1 is 1.08 bits per heavy atom. The Balaban J connectivity index is 1.20. The normalized spacial score (nSPS) is 17.0. The molecule has 38 heavy (non-hydrogen) atoms. The molecule has 7 nitrogen and oxygen atoms in total. The molecule has 1 atom stereocenters. The third kappa shape index (κ3) is 4.56. The van der Waals surface area contributed by atoms with Gasteiger partial charge in [0.2, 0.25) is 0 Å². The number of ether oxygens (including phenoxy) is 1. The second kappa shape index (κ2) is 9.87. The second-order valence-corrected chi connectivity index (χ2v) is 11.0. The monoisotopic (exact) mass is 509 g/mol. The van der Waals surface area contributed by atoms with Crippen molar-refractivity contribution in [1.82, 2.24) is 20.6 Å². The fourth-order valence-corrected chi connectivity index (χ4v) is 6.44. The van der Waals surface area contributed by atoms with Gasteiger partial charge in [-0.25, -0.2) is 0 Å². The number of aliphatic hydroxyl groups is 1. The SMILES string of the molecule is Cc1cc(OCCO)cc(C)c1-c1cccc(CNc2ccc3c(c2)CC2(CC2)C3Cc2nn[nH]n2)c1C. The zero-order valence-electron chi connectivity index (χ0n) is 22.3. The molecule has 1 saturated carbocycles. The van der Waals surface area contributed by atoms with Crippen molar-refractivity contribution >= 4 is 5.69 Å². The summed E-state index contributed by atoms with van der Waals surface area (Å²) in [5.74, 6) is 2.09. The summed E-state index contributed by atoms with van der Waals surface area (Å²) >= 11 is 0. The summed E-state index contributed by atoms with van der Waals surface area (Å²) in [5.41, 5.74) is 11.9. The molecule has 1 fully saturated rings. The van der Waals surface area contributed by atoms with Crippen LogP contribution in [0.1, 0.15) is 58.0 Å². The zero-order valence-corrected chi connectivity index (χ0v) is 22.3. The van der Waals surface area contributed by atoms with Gasteiger partial charge in [-0.2, -0.15) is 5.21 Å². The molecule has 0 radical (unpaired) electrons. The van der Waals surface area contributed by atoms with Crippen LogP contribution in [0.5, 0.6) is 5.75 Å². The van der Waals surface area contributed by atoms with Gasteiger partial charge in [-0.05, 0) is 120 Å². The summed E-state index contributed by atoms with van der Waals surface area (Å²) in [6.07, 6.45) is 4.57. The highest BCUT2D eigenvalue weighted by molar-refractivity contribution is 5.75. The smallest absolute Gasteiger partial charge is 0.175 e. The summed E-state index contributed by atoms with van der Waals surface area (Å²) in [7, 11) is 0. The van der Waals surface area contributed by atoms with Crippen LogP contribution < -0.4 is 10.1 Å². The number of hydrogen-bond acceptors (Lipinski definition) is 6. The van der Waals surface area contributed by atoms with Crippen molar-refractivity contribution in [2.24, 2.45) is 5.41 Å². The largest absolute Gasteiger partial charge is 0.491 e. The highest BCUT2D eigenvalue weighted by atomic mass is 16.5. The number of anilines is 1. The minimum atomic E-state index is 0.0138. The van der Waals surface area contributed by atoms with Gasteiger partial charge in [-0.3, -0.25) is 0 Å². The minimum absolute atomic E-state index is 0.0138. The number of tetrazole rings is 1. The summed E-state index contributed by atoms with van der Waals surface area (Å²) < 4.78 is 5.66. The molecule has 0 aliphatic heterocycles. The van der Waals surface area contributed by atoms with Crippen LogP contribution in [-0.4, -0.2) is 38.9 Å². The number of nitrogens with zero attached hydrogens (tertiary/aromatic N) is 3. The number of benzene rings is 3. The van der Waals surface area contributed by atoms with Crippen LogP contribution in [0.4, 0.5) is 5.69 Å². The number of rotatable bonds is 9.